The minimum Gasteiger partial charge on any atom is -0.494 e. The number of hydrogen-bond acceptors (Lipinski definition) is 2. The lowest BCUT2D eigenvalue weighted by Crippen LogP contribution is -1.99. The Balaban J connectivity index is 2.02. The van der Waals surface area contributed by atoms with Crippen LogP contribution in [0, 0.1) is 0 Å². The largest absolute Gasteiger partial charge is 0.494 e. The van der Waals surface area contributed by atoms with Crippen molar-refractivity contribution in [1.29, 1.82) is 0 Å². The number of hydrogen-bond donors (Lipinski definition) is 0. The fraction of sp³-hybridized carbons (Fsp3) is 0.727. The van der Waals surface area contributed by atoms with Crippen LogP contribution in [0.15, 0.2) is 24.3 Å². The van der Waals surface area contributed by atoms with E-state index in [1.807, 2.05) is 24.3 Å². The quantitative estimate of drug-likeness (QED) is 0.298. The van der Waals surface area contributed by atoms with Crippen molar-refractivity contribution in [3.63, 3.8) is 0 Å². The van der Waals surface area contributed by atoms with Gasteiger partial charge in [0, 0.05) is 0 Å². The lowest BCUT2D eigenvalue weighted by Gasteiger charge is -2.09. The van der Waals surface area contributed by atoms with Gasteiger partial charge >= 0.3 is 0 Å². The Labute approximate surface area is 149 Å². The average molecular weight is 335 g/mol. The molecule has 0 unspecified atom stereocenters. The fourth-order valence-corrected chi connectivity index (χ4v) is 2.78. The molecule has 1 aromatic rings. The lowest BCUT2D eigenvalue weighted by atomic mass is 10.1. The van der Waals surface area contributed by atoms with Crippen molar-refractivity contribution in [1.82, 2.24) is 0 Å². The molecule has 24 heavy (non-hydrogen) atoms. The van der Waals surface area contributed by atoms with Crippen LogP contribution >= 0.6 is 0 Å². The summed E-state index contributed by atoms with van der Waals surface area (Å²) >= 11 is 0. The van der Waals surface area contributed by atoms with Crippen LogP contribution in [0.4, 0.5) is 0 Å². The molecule has 1 aromatic carbocycles. The molecule has 0 heterocycles. The van der Waals surface area contributed by atoms with E-state index in [0.717, 1.165) is 37.6 Å². The third-order valence-corrected chi connectivity index (χ3v) is 4.36. The molecule has 0 fully saturated rings. The minimum absolute atomic E-state index is 0.824. The van der Waals surface area contributed by atoms with Gasteiger partial charge in [-0.2, -0.15) is 0 Å². The van der Waals surface area contributed by atoms with Crippen LogP contribution in [0.3, 0.4) is 0 Å². The Morgan fingerprint density at radius 3 is 1.21 bits per heavy atom. The molecule has 0 radical (unpaired) electrons. The zero-order valence-electron chi connectivity index (χ0n) is 16.0. The highest BCUT2D eigenvalue weighted by Gasteiger charge is 1.98. The first-order chi connectivity index (χ1) is 11.9. The van der Waals surface area contributed by atoms with Crippen LogP contribution in [0.5, 0.6) is 11.5 Å². The smallest absolute Gasteiger partial charge is 0.119 e. The van der Waals surface area contributed by atoms with Crippen molar-refractivity contribution in [2.75, 3.05) is 13.2 Å². The predicted molar refractivity (Wildman–Crippen MR) is 104 cm³/mol. The van der Waals surface area contributed by atoms with E-state index in [2.05, 4.69) is 13.8 Å². The first kappa shape index (κ1) is 20.9. The molecule has 0 bridgehead atoms. The third kappa shape index (κ3) is 11.4. The van der Waals surface area contributed by atoms with Gasteiger partial charge in [-0.05, 0) is 37.1 Å². The van der Waals surface area contributed by atoms with E-state index in [9.17, 15) is 0 Å². The Bertz CT molecular complexity index is 335. The molecule has 0 saturated heterocycles. The monoisotopic (exact) mass is 334 g/mol. The van der Waals surface area contributed by atoms with Gasteiger partial charge in [0.1, 0.15) is 11.5 Å². The maximum absolute atomic E-state index is 5.79. The normalized spacial score (nSPS) is 10.8. The molecule has 0 aliphatic heterocycles. The van der Waals surface area contributed by atoms with Crippen LogP contribution in [0.25, 0.3) is 0 Å². The fourth-order valence-electron chi connectivity index (χ4n) is 2.78. The standard InChI is InChI=1S/C22H38O2/c1-3-5-7-9-11-13-19-23-21-15-17-22(18-16-21)24-20-14-12-10-8-6-4-2/h15-18H,3-14,19-20H2,1-2H3. The van der Waals surface area contributed by atoms with E-state index >= 15 is 0 Å². The van der Waals surface area contributed by atoms with Gasteiger partial charge in [0.15, 0.2) is 0 Å². The molecule has 0 aliphatic carbocycles. The average Bonchev–Trinajstić information content (AvgIpc) is 2.61. The maximum Gasteiger partial charge on any atom is 0.119 e. The van der Waals surface area contributed by atoms with E-state index in [-0.39, 0.29) is 0 Å². The van der Waals surface area contributed by atoms with E-state index in [0.29, 0.717) is 0 Å². The summed E-state index contributed by atoms with van der Waals surface area (Å²) in [5.41, 5.74) is 0. The summed E-state index contributed by atoms with van der Waals surface area (Å²) in [5, 5.41) is 0. The van der Waals surface area contributed by atoms with Crippen molar-refractivity contribution < 1.29 is 9.47 Å². The highest BCUT2D eigenvalue weighted by Crippen LogP contribution is 2.18. The summed E-state index contributed by atoms with van der Waals surface area (Å²) < 4.78 is 11.6. The van der Waals surface area contributed by atoms with Gasteiger partial charge in [0.05, 0.1) is 13.2 Å². The molecule has 0 N–H and O–H groups in total. The number of benzene rings is 1. The van der Waals surface area contributed by atoms with Gasteiger partial charge in [-0.25, -0.2) is 0 Å². The molecule has 1 rings (SSSR count). The van der Waals surface area contributed by atoms with Gasteiger partial charge in [0.2, 0.25) is 0 Å². The van der Waals surface area contributed by atoms with Crippen LogP contribution in [-0.4, -0.2) is 13.2 Å². The van der Waals surface area contributed by atoms with Gasteiger partial charge in [-0.3, -0.25) is 0 Å². The highest BCUT2D eigenvalue weighted by molar-refractivity contribution is 5.31. The van der Waals surface area contributed by atoms with Crippen LogP contribution < -0.4 is 9.47 Å². The Hall–Kier alpha value is -1.18. The zero-order chi connectivity index (χ0) is 17.3. The summed E-state index contributed by atoms with van der Waals surface area (Å²) in [7, 11) is 0. The van der Waals surface area contributed by atoms with Crippen molar-refractivity contribution >= 4 is 0 Å². The van der Waals surface area contributed by atoms with Gasteiger partial charge in [-0.15, -0.1) is 0 Å². The SMILES string of the molecule is CCCCCCCCOc1ccc(OCCCCCCCC)cc1. The second-order valence-electron chi connectivity index (χ2n) is 6.70. The number of rotatable bonds is 16. The van der Waals surface area contributed by atoms with Crippen LogP contribution in [-0.2, 0) is 0 Å². The first-order valence-electron chi connectivity index (χ1n) is 10.2. The summed E-state index contributed by atoms with van der Waals surface area (Å²) in [6.45, 7) is 6.16. The van der Waals surface area contributed by atoms with Gasteiger partial charge in [0.25, 0.3) is 0 Å². The summed E-state index contributed by atoms with van der Waals surface area (Å²) in [5.74, 6) is 1.91. The Morgan fingerprint density at radius 2 is 0.833 bits per heavy atom. The van der Waals surface area contributed by atoms with E-state index in [4.69, 9.17) is 9.47 Å². The lowest BCUT2D eigenvalue weighted by molar-refractivity contribution is 0.296. The van der Waals surface area contributed by atoms with E-state index in [1.54, 1.807) is 0 Å². The number of unbranched alkanes of at least 4 members (excludes halogenated alkanes) is 10. The zero-order valence-corrected chi connectivity index (χ0v) is 16.0. The Kier molecular flexibility index (Phi) is 13.3. The molecule has 0 aromatic heterocycles. The molecule has 0 atom stereocenters. The van der Waals surface area contributed by atoms with E-state index in [1.165, 1.54) is 64.2 Å². The molecule has 0 spiro atoms. The second-order valence-corrected chi connectivity index (χ2v) is 6.70. The van der Waals surface area contributed by atoms with Gasteiger partial charge in [-0.1, -0.05) is 78.1 Å². The third-order valence-electron chi connectivity index (χ3n) is 4.36. The highest BCUT2D eigenvalue weighted by atomic mass is 16.5. The minimum atomic E-state index is 0.824. The second kappa shape index (κ2) is 15.4. The topological polar surface area (TPSA) is 18.5 Å². The predicted octanol–water partition coefficient (Wildman–Crippen LogP) is 7.17. The molecule has 0 amide bonds. The van der Waals surface area contributed by atoms with Crippen molar-refractivity contribution in [2.45, 2.75) is 90.9 Å². The van der Waals surface area contributed by atoms with Gasteiger partial charge < -0.3 is 9.47 Å². The summed E-state index contributed by atoms with van der Waals surface area (Å²) in [6, 6.07) is 8.09. The Morgan fingerprint density at radius 1 is 0.500 bits per heavy atom. The summed E-state index contributed by atoms with van der Waals surface area (Å²) in [6.07, 6.45) is 15.6. The maximum atomic E-state index is 5.79. The molecule has 2 heteroatoms. The van der Waals surface area contributed by atoms with Crippen molar-refractivity contribution in [2.24, 2.45) is 0 Å². The molecule has 0 aliphatic rings. The van der Waals surface area contributed by atoms with Crippen molar-refractivity contribution in [3.05, 3.63) is 24.3 Å². The number of ether oxygens (including phenoxy) is 2. The first-order valence-corrected chi connectivity index (χ1v) is 10.2. The molecule has 0 saturated carbocycles. The molecule has 2 nitrogen and oxygen atoms in total. The molecule has 138 valence electrons. The molecular formula is C22H38O2. The van der Waals surface area contributed by atoms with Crippen LogP contribution in [0.1, 0.15) is 90.9 Å². The van der Waals surface area contributed by atoms with E-state index < -0.39 is 0 Å². The summed E-state index contributed by atoms with van der Waals surface area (Å²) in [4.78, 5) is 0. The molecular weight excluding hydrogens is 296 g/mol. The van der Waals surface area contributed by atoms with Crippen molar-refractivity contribution in [3.8, 4) is 11.5 Å². The van der Waals surface area contributed by atoms with Crippen LogP contribution in [0.2, 0.25) is 0 Å².